The van der Waals surface area contributed by atoms with Gasteiger partial charge in [0, 0.05) is 24.7 Å². The molecule has 1 aliphatic carbocycles. The molecule has 0 spiro atoms. The maximum atomic E-state index is 10.8. The van der Waals surface area contributed by atoms with Gasteiger partial charge >= 0.3 is 0 Å². The van der Waals surface area contributed by atoms with Crippen molar-refractivity contribution in [2.45, 2.75) is 51.6 Å². The van der Waals surface area contributed by atoms with Crippen LogP contribution in [-0.2, 0) is 4.79 Å². The molecule has 1 fully saturated rings. The van der Waals surface area contributed by atoms with Gasteiger partial charge in [-0.25, -0.2) is 0 Å². The van der Waals surface area contributed by atoms with Gasteiger partial charge in [0.2, 0.25) is 5.91 Å². The molecule has 1 amide bonds. The molecule has 0 aliphatic heterocycles. The largest absolute Gasteiger partial charge is 0.386 e. The summed E-state index contributed by atoms with van der Waals surface area (Å²) in [7, 11) is 0. The van der Waals surface area contributed by atoms with Crippen molar-refractivity contribution in [1.82, 2.24) is 10.6 Å². The zero-order valence-corrected chi connectivity index (χ0v) is 9.10. The Morgan fingerprint density at radius 1 is 1.07 bits per heavy atom. The van der Waals surface area contributed by atoms with E-state index in [-0.39, 0.29) is 5.91 Å². The Hall–Kier alpha value is -0.990. The fourth-order valence-corrected chi connectivity index (χ4v) is 2.02. The predicted molar refractivity (Wildman–Crippen MR) is 57.8 cm³/mol. The van der Waals surface area contributed by atoms with Gasteiger partial charge in [-0.2, -0.15) is 0 Å². The highest BCUT2D eigenvalue weighted by Crippen LogP contribution is 2.19. The van der Waals surface area contributed by atoms with Gasteiger partial charge in [-0.15, -0.1) is 0 Å². The smallest absolute Gasteiger partial charge is 0.217 e. The first kappa shape index (κ1) is 11.1. The molecule has 2 N–H and O–H groups in total. The minimum atomic E-state index is 0.0845. The molecule has 0 aromatic heterocycles. The summed E-state index contributed by atoms with van der Waals surface area (Å²) in [5, 5.41) is 6.31. The number of rotatable bonds is 3. The van der Waals surface area contributed by atoms with Crippen molar-refractivity contribution in [3.05, 3.63) is 12.3 Å². The van der Waals surface area contributed by atoms with Crippen molar-refractivity contribution in [3.63, 3.8) is 0 Å². The average molecular weight is 196 g/mol. The molecule has 0 heterocycles. The highest BCUT2D eigenvalue weighted by Gasteiger charge is 2.20. The van der Waals surface area contributed by atoms with Crippen molar-refractivity contribution in [1.29, 1.82) is 0 Å². The molecule has 0 aromatic carbocycles. The first-order chi connectivity index (χ1) is 6.58. The van der Waals surface area contributed by atoms with Gasteiger partial charge < -0.3 is 10.6 Å². The molecule has 0 saturated heterocycles. The van der Waals surface area contributed by atoms with E-state index in [1.54, 1.807) is 6.92 Å². The molecule has 80 valence electrons. The maximum absolute atomic E-state index is 10.8. The van der Waals surface area contributed by atoms with Crippen LogP contribution in [0.15, 0.2) is 12.3 Å². The van der Waals surface area contributed by atoms with Crippen molar-refractivity contribution >= 4 is 5.91 Å². The first-order valence-electron chi connectivity index (χ1n) is 5.27. The summed E-state index contributed by atoms with van der Waals surface area (Å²) in [4.78, 5) is 10.8. The lowest BCUT2D eigenvalue weighted by Crippen LogP contribution is -2.40. The molecule has 0 unspecified atom stereocenters. The lowest BCUT2D eigenvalue weighted by Gasteiger charge is -2.30. The second-order valence-corrected chi connectivity index (χ2v) is 4.17. The zero-order chi connectivity index (χ0) is 10.6. The normalized spacial score (nSPS) is 26.7. The van der Waals surface area contributed by atoms with Crippen LogP contribution in [0.25, 0.3) is 0 Å². The van der Waals surface area contributed by atoms with Crippen LogP contribution in [0.3, 0.4) is 0 Å². The summed E-state index contributed by atoms with van der Waals surface area (Å²) in [6.45, 7) is 7.40. The Bertz CT molecular complexity index is 193. The third-order valence-electron chi connectivity index (χ3n) is 2.59. The second kappa shape index (κ2) is 5.03. The summed E-state index contributed by atoms with van der Waals surface area (Å²) < 4.78 is 0. The molecule has 1 rings (SSSR count). The number of hydrogen-bond donors (Lipinski definition) is 2. The van der Waals surface area contributed by atoms with Gasteiger partial charge in [0.1, 0.15) is 0 Å². The van der Waals surface area contributed by atoms with Crippen LogP contribution >= 0.6 is 0 Å². The summed E-state index contributed by atoms with van der Waals surface area (Å²) in [5.41, 5.74) is 1.04. The third kappa shape index (κ3) is 3.81. The molecule has 0 atom stereocenters. The van der Waals surface area contributed by atoms with Gasteiger partial charge in [-0.05, 0) is 32.6 Å². The second-order valence-electron chi connectivity index (χ2n) is 4.17. The Kier molecular flexibility index (Phi) is 3.98. The Morgan fingerprint density at radius 3 is 1.86 bits per heavy atom. The lowest BCUT2D eigenvalue weighted by molar-refractivity contribution is -0.119. The topological polar surface area (TPSA) is 41.1 Å². The molecular weight excluding hydrogens is 176 g/mol. The van der Waals surface area contributed by atoms with Crippen LogP contribution in [0.5, 0.6) is 0 Å². The molecule has 1 saturated carbocycles. The monoisotopic (exact) mass is 196 g/mol. The summed E-state index contributed by atoms with van der Waals surface area (Å²) in [6, 6.07) is 0.938. The number of amides is 1. The minimum absolute atomic E-state index is 0.0845. The molecule has 3 nitrogen and oxygen atoms in total. The van der Waals surface area contributed by atoms with E-state index in [4.69, 9.17) is 0 Å². The van der Waals surface area contributed by atoms with E-state index in [0.29, 0.717) is 12.1 Å². The summed E-state index contributed by atoms with van der Waals surface area (Å²) in [5.74, 6) is 0.0845. The van der Waals surface area contributed by atoms with Crippen LogP contribution in [-0.4, -0.2) is 18.0 Å². The number of hydrogen-bond acceptors (Lipinski definition) is 2. The predicted octanol–water partition coefficient (Wildman–Crippen LogP) is 1.56. The van der Waals surface area contributed by atoms with Crippen molar-refractivity contribution < 1.29 is 4.79 Å². The molecule has 0 aromatic rings. The molecule has 0 radical (unpaired) electrons. The van der Waals surface area contributed by atoms with E-state index in [2.05, 4.69) is 17.2 Å². The van der Waals surface area contributed by atoms with Crippen LogP contribution in [0.4, 0.5) is 0 Å². The van der Waals surface area contributed by atoms with Gasteiger partial charge in [-0.3, -0.25) is 4.79 Å². The molecule has 3 heteroatoms. The molecule has 14 heavy (non-hydrogen) atoms. The van der Waals surface area contributed by atoms with Crippen molar-refractivity contribution in [2.75, 3.05) is 0 Å². The highest BCUT2D eigenvalue weighted by molar-refractivity contribution is 5.73. The summed E-state index contributed by atoms with van der Waals surface area (Å²) >= 11 is 0. The zero-order valence-electron chi connectivity index (χ0n) is 9.10. The van der Waals surface area contributed by atoms with E-state index in [0.717, 1.165) is 31.4 Å². The first-order valence-corrected chi connectivity index (χ1v) is 5.27. The standard InChI is InChI=1S/C11H20N2O/c1-8(2)12-10-4-6-11(7-5-10)13-9(3)14/h10-12H,1,4-7H2,2-3H3,(H,13,14). The van der Waals surface area contributed by atoms with Gasteiger partial charge in [0.05, 0.1) is 0 Å². The third-order valence-corrected chi connectivity index (χ3v) is 2.59. The van der Waals surface area contributed by atoms with Gasteiger partial charge in [0.15, 0.2) is 0 Å². The molecule has 1 aliphatic rings. The maximum Gasteiger partial charge on any atom is 0.217 e. The van der Waals surface area contributed by atoms with Gasteiger partial charge in [-0.1, -0.05) is 6.58 Å². The summed E-state index contributed by atoms with van der Waals surface area (Å²) in [6.07, 6.45) is 4.39. The molecular formula is C11H20N2O. The number of carbonyl (C=O) groups excluding carboxylic acids is 1. The van der Waals surface area contributed by atoms with E-state index >= 15 is 0 Å². The number of allylic oxidation sites excluding steroid dienone is 1. The van der Waals surface area contributed by atoms with Crippen LogP contribution < -0.4 is 10.6 Å². The van der Waals surface area contributed by atoms with Crippen LogP contribution in [0.1, 0.15) is 39.5 Å². The SMILES string of the molecule is C=C(C)NC1CCC(NC(C)=O)CC1. The highest BCUT2D eigenvalue weighted by atomic mass is 16.1. The van der Waals surface area contributed by atoms with E-state index in [1.807, 2.05) is 6.92 Å². The van der Waals surface area contributed by atoms with Crippen molar-refractivity contribution in [3.8, 4) is 0 Å². The fourth-order valence-electron chi connectivity index (χ4n) is 2.02. The van der Waals surface area contributed by atoms with E-state index in [9.17, 15) is 4.79 Å². The minimum Gasteiger partial charge on any atom is -0.386 e. The quantitative estimate of drug-likeness (QED) is 0.719. The Morgan fingerprint density at radius 2 is 1.50 bits per heavy atom. The Balaban J connectivity index is 2.24. The number of carbonyl (C=O) groups is 1. The lowest BCUT2D eigenvalue weighted by atomic mass is 9.91. The van der Waals surface area contributed by atoms with Gasteiger partial charge in [0.25, 0.3) is 0 Å². The Labute approximate surface area is 86.0 Å². The van der Waals surface area contributed by atoms with E-state index in [1.165, 1.54) is 0 Å². The fraction of sp³-hybridized carbons (Fsp3) is 0.727. The van der Waals surface area contributed by atoms with Crippen LogP contribution in [0, 0.1) is 0 Å². The van der Waals surface area contributed by atoms with Crippen molar-refractivity contribution in [2.24, 2.45) is 0 Å². The molecule has 0 bridgehead atoms. The van der Waals surface area contributed by atoms with E-state index < -0.39 is 0 Å². The van der Waals surface area contributed by atoms with Crippen LogP contribution in [0.2, 0.25) is 0 Å². The average Bonchev–Trinajstić information content (AvgIpc) is 2.06. The number of nitrogens with one attached hydrogen (secondary N) is 2.